The van der Waals surface area contributed by atoms with Crippen LogP contribution in [0, 0.1) is 0 Å². The summed E-state index contributed by atoms with van der Waals surface area (Å²) in [5.41, 5.74) is 0.816. The number of hydrogen-bond acceptors (Lipinski definition) is 3. The predicted octanol–water partition coefficient (Wildman–Crippen LogP) is 1.70. The van der Waals surface area contributed by atoms with Crippen LogP contribution in [-0.2, 0) is 11.8 Å². The quantitative estimate of drug-likeness (QED) is 0.838. The minimum Gasteiger partial charge on any atom is -0.480 e. The molecule has 0 bridgehead atoms. The van der Waals surface area contributed by atoms with Crippen molar-refractivity contribution in [2.24, 2.45) is 7.05 Å². The van der Waals surface area contributed by atoms with Crippen LogP contribution in [0.3, 0.4) is 0 Å². The van der Waals surface area contributed by atoms with Crippen molar-refractivity contribution in [2.45, 2.75) is 38.6 Å². The highest BCUT2D eigenvalue weighted by Crippen LogP contribution is 2.25. The van der Waals surface area contributed by atoms with Crippen molar-refractivity contribution in [3.05, 3.63) is 23.5 Å². The van der Waals surface area contributed by atoms with Gasteiger partial charge in [-0.2, -0.15) is 0 Å². The summed E-state index contributed by atoms with van der Waals surface area (Å²) in [6.45, 7) is 1.14. The molecule has 0 unspecified atom stereocenters. The molecule has 1 amide bonds. The molecule has 2 rings (SSSR count). The molecule has 6 nitrogen and oxygen atoms in total. The van der Waals surface area contributed by atoms with E-state index < -0.39 is 5.97 Å². The second kappa shape index (κ2) is 6.11. The molecule has 0 saturated heterocycles. The zero-order chi connectivity index (χ0) is 15.6. The molecule has 1 saturated carbocycles. The summed E-state index contributed by atoms with van der Waals surface area (Å²) in [6.07, 6.45) is 5.30. The number of carbonyl (C=O) groups excluding carboxylic acids is 2. The van der Waals surface area contributed by atoms with Gasteiger partial charge in [-0.25, -0.2) is 0 Å². The van der Waals surface area contributed by atoms with E-state index in [2.05, 4.69) is 0 Å². The van der Waals surface area contributed by atoms with Crippen molar-refractivity contribution < 1.29 is 19.5 Å². The van der Waals surface area contributed by atoms with Crippen LogP contribution in [0.25, 0.3) is 0 Å². The van der Waals surface area contributed by atoms with Crippen molar-refractivity contribution in [1.29, 1.82) is 0 Å². The molecule has 0 spiro atoms. The Morgan fingerprint density at radius 2 is 1.95 bits per heavy atom. The number of carboxylic acid groups (broad SMARTS) is 1. The number of carbonyl (C=O) groups is 3. The van der Waals surface area contributed by atoms with Crippen LogP contribution in [0.2, 0.25) is 0 Å². The normalized spacial score (nSPS) is 15.1. The van der Waals surface area contributed by atoms with Crippen LogP contribution in [-0.4, -0.2) is 44.8 Å². The SMILES string of the molecule is CC(=O)c1cc(C(=O)N(CC(=O)O)C2CCCC2)n(C)c1. The summed E-state index contributed by atoms with van der Waals surface area (Å²) in [5.74, 6) is -1.45. The van der Waals surface area contributed by atoms with Crippen LogP contribution in [0.5, 0.6) is 0 Å². The van der Waals surface area contributed by atoms with Gasteiger partial charge >= 0.3 is 5.97 Å². The van der Waals surface area contributed by atoms with Crippen molar-refractivity contribution in [1.82, 2.24) is 9.47 Å². The highest BCUT2D eigenvalue weighted by Gasteiger charge is 2.30. The average Bonchev–Trinajstić information content (AvgIpc) is 3.04. The lowest BCUT2D eigenvalue weighted by Gasteiger charge is -2.27. The summed E-state index contributed by atoms with van der Waals surface area (Å²) >= 11 is 0. The van der Waals surface area contributed by atoms with E-state index in [1.54, 1.807) is 17.8 Å². The Bertz CT molecular complexity index is 570. The summed E-state index contributed by atoms with van der Waals surface area (Å²) in [7, 11) is 1.69. The Morgan fingerprint density at radius 1 is 1.33 bits per heavy atom. The summed E-state index contributed by atoms with van der Waals surface area (Å²) in [5, 5.41) is 9.05. The fraction of sp³-hybridized carbons (Fsp3) is 0.533. The van der Waals surface area contributed by atoms with Crippen molar-refractivity contribution >= 4 is 17.7 Å². The highest BCUT2D eigenvalue weighted by atomic mass is 16.4. The molecule has 0 aromatic carbocycles. The van der Waals surface area contributed by atoms with Crippen LogP contribution in [0.15, 0.2) is 12.3 Å². The summed E-state index contributed by atoms with van der Waals surface area (Å²) in [6, 6.07) is 1.51. The Labute approximate surface area is 123 Å². The van der Waals surface area contributed by atoms with Gasteiger partial charge in [0.05, 0.1) is 0 Å². The van der Waals surface area contributed by atoms with Crippen LogP contribution in [0.4, 0.5) is 0 Å². The van der Waals surface area contributed by atoms with Crippen LogP contribution < -0.4 is 0 Å². The van der Waals surface area contributed by atoms with Gasteiger partial charge in [0.25, 0.3) is 5.91 Å². The van der Waals surface area contributed by atoms with Gasteiger partial charge in [-0.3, -0.25) is 14.4 Å². The minimum absolute atomic E-state index is 0.0238. The second-order valence-electron chi connectivity index (χ2n) is 5.55. The first-order chi connectivity index (χ1) is 9.90. The summed E-state index contributed by atoms with van der Waals surface area (Å²) < 4.78 is 1.59. The third kappa shape index (κ3) is 3.32. The molecule has 1 aliphatic carbocycles. The minimum atomic E-state index is -1.02. The maximum Gasteiger partial charge on any atom is 0.323 e. The maximum atomic E-state index is 12.7. The molecule has 1 aliphatic rings. The van der Waals surface area contributed by atoms with E-state index in [0.29, 0.717) is 11.3 Å². The molecule has 1 fully saturated rings. The van der Waals surface area contributed by atoms with Gasteiger partial charge in [0.1, 0.15) is 12.2 Å². The predicted molar refractivity (Wildman–Crippen MR) is 76.3 cm³/mol. The zero-order valence-electron chi connectivity index (χ0n) is 12.3. The van der Waals surface area contributed by atoms with E-state index in [1.165, 1.54) is 17.9 Å². The van der Waals surface area contributed by atoms with E-state index in [4.69, 9.17) is 5.11 Å². The van der Waals surface area contributed by atoms with Crippen LogP contribution >= 0.6 is 0 Å². The van der Waals surface area contributed by atoms with Crippen molar-refractivity contribution in [2.75, 3.05) is 6.54 Å². The van der Waals surface area contributed by atoms with Gasteiger partial charge in [0.2, 0.25) is 0 Å². The molecule has 1 aromatic heterocycles. The van der Waals surface area contributed by atoms with E-state index >= 15 is 0 Å². The Morgan fingerprint density at radius 3 is 2.43 bits per heavy atom. The van der Waals surface area contributed by atoms with Crippen molar-refractivity contribution in [3.8, 4) is 0 Å². The molecule has 21 heavy (non-hydrogen) atoms. The number of nitrogens with zero attached hydrogens (tertiary/aromatic N) is 2. The Kier molecular flexibility index (Phi) is 4.45. The third-order valence-electron chi connectivity index (χ3n) is 3.96. The first kappa shape index (κ1) is 15.3. The van der Waals surface area contributed by atoms with Gasteiger partial charge < -0.3 is 14.6 Å². The van der Waals surface area contributed by atoms with Gasteiger partial charge in [0, 0.05) is 24.8 Å². The van der Waals surface area contributed by atoms with Gasteiger partial charge in [-0.1, -0.05) is 12.8 Å². The number of aliphatic carboxylic acids is 1. The van der Waals surface area contributed by atoms with E-state index in [9.17, 15) is 14.4 Å². The molecule has 114 valence electrons. The van der Waals surface area contributed by atoms with Crippen LogP contribution in [0.1, 0.15) is 53.5 Å². The first-order valence-electron chi connectivity index (χ1n) is 7.10. The van der Waals surface area contributed by atoms with E-state index in [1.807, 2.05) is 0 Å². The molecule has 1 heterocycles. The number of rotatable bonds is 5. The number of aromatic nitrogens is 1. The van der Waals surface area contributed by atoms with Gasteiger partial charge in [-0.05, 0) is 25.8 Å². The van der Waals surface area contributed by atoms with Gasteiger partial charge in [0.15, 0.2) is 5.78 Å². The fourth-order valence-electron chi connectivity index (χ4n) is 2.85. The molecule has 0 atom stereocenters. The molecule has 0 radical (unpaired) electrons. The third-order valence-corrected chi connectivity index (χ3v) is 3.96. The molecule has 1 aromatic rings. The lowest BCUT2D eigenvalue weighted by molar-refractivity contribution is -0.138. The lowest BCUT2D eigenvalue weighted by atomic mass is 10.1. The largest absolute Gasteiger partial charge is 0.480 e. The number of Topliss-reactive ketones (excluding diaryl/α,β-unsaturated/α-hetero) is 1. The number of hydrogen-bond donors (Lipinski definition) is 1. The van der Waals surface area contributed by atoms with Gasteiger partial charge in [-0.15, -0.1) is 0 Å². The first-order valence-corrected chi connectivity index (χ1v) is 7.10. The summed E-state index contributed by atoms with van der Waals surface area (Å²) in [4.78, 5) is 36.5. The monoisotopic (exact) mass is 292 g/mol. The zero-order valence-corrected chi connectivity index (χ0v) is 12.3. The molecular weight excluding hydrogens is 272 g/mol. The standard InChI is InChI=1S/C15H20N2O4/c1-10(18)11-7-13(16(2)8-11)15(21)17(9-14(19)20)12-5-3-4-6-12/h7-8,12H,3-6,9H2,1-2H3,(H,19,20). The molecule has 1 N–H and O–H groups in total. The fourth-order valence-corrected chi connectivity index (χ4v) is 2.85. The Hall–Kier alpha value is -2.11. The van der Waals surface area contributed by atoms with E-state index in [0.717, 1.165) is 25.7 Å². The number of amides is 1. The Balaban J connectivity index is 2.28. The number of ketones is 1. The number of aryl methyl sites for hydroxylation is 1. The van der Waals surface area contributed by atoms with E-state index in [-0.39, 0.29) is 24.3 Å². The molecular formula is C15H20N2O4. The average molecular weight is 292 g/mol. The smallest absolute Gasteiger partial charge is 0.323 e. The van der Waals surface area contributed by atoms with Crippen molar-refractivity contribution in [3.63, 3.8) is 0 Å². The highest BCUT2D eigenvalue weighted by molar-refractivity contribution is 6.00. The second-order valence-corrected chi connectivity index (χ2v) is 5.55. The lowest BCUT2D eigenvalue weighted by Crippen LogP contribution is -2.42. The molecule has 0 aliphatic heterocycles. The number of carboxylic acids is 1. The topological polar surface area (TPSA) is 79.6 Å². The maximum absolute atomic E-state index is 12.7. The molecule has 6 heteroatoms.